The number of nitrogens with one attached hydrogen (secondary N) is 1. The molecule has 0 amide bonds. The summed E-state index contributed by atoms with van der Waals surface area (Å²) < 4.78 is 37.8. The second-order valence-electron chi connectivity index (χ2n) is 5.38. The van der Waals surface area contributed by atoms with Crippen molar-refractivity contribution in [2.24, 2.45) is 5.92 Å². The van der Waals surface area contributed by atoms with Gasteiger partial charge in [-0.15, -0.1) is 11.6 Å². The second-order valence-corrected chi connectivity index (χ2v) is 7.77. The van der Waals surface area contributed by atoms with Crippen LogP contribution in [0.4, 0.5) is 0 Å². The Hall–Kier alpha value is -0.980. The molecule has 0 bridgehead atoms. The minimum atomic E-state index is -3.59. The van der Waals surface area contributed by atoms with Crippen LogP contribution in [0.5, 0.6) is 11.5 Å². The molecule has 0 aromatic heterocycles. The fourth-order valence-electron chi connectivity index (χ4n) is 2.07. The van der Waals surface area contributed by atoms with Crippen LogP contribution in [0.3, 0.4) is 0 Å². The first kappa shape index (κ1) is 16.4. The lowest BCUT2D eigenvalue weighted by Gasteiger charge is -2.19. The Morgan fingerprint density at radius 3 is 2.57 bits per heavy atom. The number of halogens is 1. The van der Waals surface area contributed by atoms with Crippen molar-refractivity contribution in [2.45, 2.75) is 30.5 Å². The number of fused-ring (bicyclic) bond motifs is 1. The molecule has 0 saturated carbocycles. The molecule has 5 nitrogen and oxygen atoms in total. The molecule has 2 rings (SSSR count). The van der Waals surface area contributed by atoms with Crippen molar-refractivity contribution < 1.29 is 17.9 Å². The molecule has 1 aromatic rings. The van der Waals surface area contributed by atoms with Crippen molar-refractivity contribution >= 4 is 21.6 Å². The van der Waals surface area contributed by atoms with E-state index in [0.717, 1.165) is 6.42 Å². The van der Waals surface area contributed by atoms with E-state index in [1.807, 2.05) is 13.8 Å². The molecule has 0 saturated heterocycles. The lowest BCUT2D eigenvalue weighted by molar-refractivity contribution is 0.171. The fourth-order valence-corrected chi connectivity index (χ4v) is 3.69. The normalized spacial score (nSPS) is 16.0. The Morgan fingerprint density at radius 1 is 1.24 bits per heavy atom. The van der Waals surface area contributed by atoms with Gasteiger partial charge in [0.25, 0.3) is 0 Å². The van der Waals surface area contributed by atoms with Crippen molar-refractivity contribution in [2.75, 3.05) is 19.8 Å². The monoisotopic (exact) mass is 333 g/mol. The third kappa shape index (κ3) is 4.49. The molecule has 1 unspecified atom stereocenters. The van der Waals surface area contributed by atoms with E-state index in [2.05, 4.69) is 4.72 Å². The molecule has 0 fully saturated rings. The van der Waals surface area contributed by atoms with Gasteiger partial charge >= 0.3 is 0 Å². The SMILES string of the molecule is CC(C)CC(Cl)CNS(=O)(=O)c1ccc2c(c1)OCCO2. The molecule has 0 aliphatic carbocycles. The zero-order valence-electron chi connectivity index (χ0n) is 12.1. The number of ether oxygens (including phenoxy) is 2. The molecular weight excluding hydrogens is 314 g/mol. The fraction of sp³-hybridized carbons (Fsp3) is 0.571. The van der Waals surface area contributed by atoms with Crippen LogP contribution in [-0.2, 0) is 10.0 Å². The van der Waals surface area contributed by atoms with Crippen molar-refractivity contribution in [3.8, 4) is 11.5 Å². The summed E-state index contributed by atoms with van der Waals surface area (Å²) in [7, 11) is -3.59. The molecule has 118 valence electrons. The maximum atomic E-state index is 12.2. The predicted molar refractivity (Wildman–Crippen MR) is 81.7 cm³/mol. The van der Waals surface area contributed by atoms with E-state index in [1.54, 1.807) is 6.07 Å². The minimum Gasteiger partial charge on any atom is -0.486 e. The lowest BCUT2D eigenvalue weighted by atomic mass is 10.1. The number of benzene rings is 1. The summed E-state index contributed by atoms with van der Waals surface area (Å²) in [5.41, 5.74) is 0. The first-order valence-corrected chi connectivity index (χ1v) is 8.84. The van der Waals surface area contributed by atoms with Gasteiger partial charge in [-0.3, -0.25) is 0 Å². The third-order valence-corrected chi connectivity index (χ3v) is 4.80. The summed E-state index contributed by atoms with van der Waals surface area (Å²) in [5, 5.41) is -0.225. The highest BCUT2D eigenvalue weighted by Crippen LogP contribution is 2.32. The minimum absolute atomic E-state index is 0.153. The Kier molecular flexibility index (Phi) is 5.35. The van der Waals surface area contributed by atoms with Crippen LogP contribution in [0.2, 0.25) is 0 Å². The van der Waals surface area contributed by atoms with Crippen LogP contribution in [0.25, 0.3) is 0 Å². The summed E-state index contributed by atoms with van der Waals surface area (Å²) in [4.78, 5) is 0.153. The highest BCUT2D eigenvalue weighted by atomic mass is 35.5. The molecular formula is C14H20ClNO4S. The van der Waals surface area contributed by atoms with Crippen molar-refractivity contribution in [3.05, 3.63) is 18.2 Å². The van der Waals surface area contributed by atoms with Gasteiger partial charge in [0.2, 0.25) is 10.0 Å². The van der Waals surface area contributed by atoms with Crippen LogP contribution in [0.15, 0.2) is 23.1 Å². The number of hydrogen-bond donors (Lipinski definition) is 1. The van der Waals surface area contributed by atoms with Crippen molar-refractivity contribution in [1.82, 2.24) is 4.72 Å². The molecule has 1 aliphatic heterocycles. The van der Waals surface area contributed by atoms with Crippen LogP contribution >= 0.6 is 11.6 Å². The Labute approximate surface area is 130 Å². The summed E-state index contributed by atoms with van der Waals surface area (Å²) in [6.07, 6.45) is 0.755. The largest absolute Gasteiger partial charge is 0.486 e. The molecule has 1 atom stereocenters. The van der Waals surface area contributed by atoms with E-state index in [-0.39, 0.29) is 16.8 Å². The standard InChI is InChI=1S/C14H20ClNO4S/c1-10(2)7-11(15)9-16-21(17,18)12-3-4-13-14(8-12)20-6-5-19-13/h3-4,8,10-11,16H,5-7,9H2,1-2H3. The van der Waals surface area contributed by atoms with Gasteiger partial charge in [-0.1, -0.05) is 13.8 Å². The average Bonchev–Trinajstić information content (AvgIpc) is 2.44. The highest BCUT2D eigenvalue weighted by molar-refractivity contribution is 7.89. The van der Waals surface area contributed by atoms with Gasteiger partial charge in [0, 0.05) is 18.0 Å². The topological polar surface area (TPSA) is 64.6 Å². The number of rotatable bonds is 6. The van der Waals surface area contributed by atoms with Gasteiger partial charge in [-0.2, -0.15) is 0 Å². The van der Waals surface area contributed by atoms with E-state index in [9.17, 15) is 8.42 Å². The van der Waals surface area contributed by atoms with E-state index in [0.29, 0.717) is 30.6 Å². The van der Waals surface area contributed by atoms with E-state index >= 15 is 0 Å². The van der Waals surface area contributed by atoms with Gasteiger partial charge in [0.05, 0.1) is 4.90 Å². The van der Waals surface area contributed by atoms with E-state index in [4.69, 9.17) is 21.1 Å². The van der Waals surface area contributed by atoms with E-state index in [1.165, 1.54) is 12.1 Å². The molecule has 1 aliphatic rings. The number of alkyl halides is 1. The van der Waals surface area contributed by atoms with Gasteiger partial charge < -0.3 is 9.47 Å². The van der Waals surface area contributed by atoms with Gasteiger partial charge in [0.15, 0.2) is 11.5 Å². The molecule has 7 heteroatoms. The van der Waals surface area contributed by atoms with Crippen LogP contribution in [0.1, 0.15) is 20.3 Å². The summed E-state index contributed by atoms with van der Waals surface area (Å²) in [6, 6.07) is 4.58. The molecule has 0 spiro atoms. The Morgan fingerprint density at radius 2 is 1.90 bits per heavy atom. The zero-order chi connectivity index (χ0) is 15.5. The third-order valence-electron chi connectivity index (χ3n) is 3.05. The lowest BCUT2D eigenvalue weighted by Crippen LogP contribution is -2.30. The first-order valence-electron chi connectivity index (χ1n) is 6.92. The number of hydrogen-bond acceptors (Lipinski definition) is 4. The highest BCUT2D eigenvalue weighted by Gasteiger charge is 2.20. The second kappa shape index (κ2) is 6.85. The molecule has 1 N–H and O–H groups in total. The van der Waals surface area contributed by atoms with E-state index < -0.39 is 10.0 Å². The molecule has 0 radical (unpaired) electrons. The summed E-state index contributed by atoms with van der Waals surface area (Å²) in [5.74, 6) is 1.44. The van der Waals surface area contributed by atoms with Crippen LogP contribution in [0, 0.1) is 5.92 Å². The summed E-state index contributed by atoms with van der Waals surface area (Å²) in [6.45, 7) is 5.19. The zero-order valence-corrected chi connectivity index (χ0v) is 13.7. The van der Waals surface area contributed by atoms with Crippen LogP contribution in [-0.4, -0.2) is 33.6 Å². The maximum Gasteiger partial charge on any atom is 0.240 e. The summed E-state index contributed by atoms with van der Waals surface area (Å²) >= 11 is 6.11. The smallest absolute Gasteiger partial charge is 0.240 e. The average molecular weight is 334 g/mol. The van der Waals surface area contributed by atoms with Crippen molar-refractivity contribution in [1.29, 1.82) is 0 Å². The Bertz CT molecular complexity index is 589. The van der Waals surface area contributed by atoms with Gasteiger partial charge in [0.1, 0.15) is 13.2 Å². The quantitative estimate of drug-likeness (QED) is 0.812. The number of sulfonamides is 1. The maximum absolute atomic E-state index is 12.2. The predicted octanol–water partition coefficient (Wildman–Crippen LogP) is 2.39. The first-order chi connectivity index (χ1) is 9.88. The Balaban J connectivity index is 2.05. The molecule has 1 heterocycles. The molecule has 21 heavy (non-hydrogen) atoms. The van der Waals surface area contributed by atoms with Crippen molar-refractivity contribution in [3.63, 3.8) is 0 Å². The van der Waals surface area contributed by atoms with Gasteiger partial charge in [-0.05, 0) is 24.5 Å². The van der Waals surface area contributed by atoms with Gasteiger partial charge in [-0.25, -0.2) is 13.1 Å². The van der Waals surface area contributed by atoms with Crippen LogP contribution < -0.4 is 14.2 Å². The molecule has 1 aromatic carbocycles.